The number of halogens is 2. The zero-order valence-corrected chi connectivity index (χ0v) is 12.5. The molecule has 1 aromatic rings. The van der Waals surface area contributed by atoms with Crippen LogP contribution in [0.5, 0.6) is 0 Å². The van der Waals surface area contributed by atoms with Crippen molar-refractivity contribution >= 4 is 49.4 Å². The number of carbonyl (C=O) groups is 2. The molecule has 0 atom stereocenters. The van der Waals surface area contributed by atoms with Crippen molar-refractivity contribution in [3.05, 3.63) is 27.7 Å². The quantitative estimate of drug-likeness (QED) is 0.782. The first kappa shape index (κ1) is 14.4. The predicted molar refractivity (Wildman–Crippen MR) is 71.1 cm³/mol. The Kier molecular flexibility index (Phi) is 3.95. The van der Waals surface area contributed by atoms with Gasteiger partial charge in [-0.25, -0.2) is 8.42 Å². The van der Waals surface area contributed by atoms with E-state index in [4.69, 9.17) is 11.6 Å². The zero-order valence-electron chi connectivity index (χ0n) is 9.39. The van der Waals surface area contributed by atoms with Crippen LogP contribution in [0.25, 0.3) is 0 Å². The third-order valence-corrected chi connectivity index (χ3v) is 5.20. The molecule has 0 saturated carbocycles. The molecular weight excluding hydrogens is 360 g/mol. The average molecular weight is 368 g/mol. The van der Waals surface area contributed by atoms with E-state index >= 15 is 0 Å². The summed E-state index contributed by atoms with van der Waals surface area (Å²) in [5.74, 6) is -1.32. The van der Waals surface area contributed by atoms with Gasteiger partial charge in [-0.1, -0.05) is 27.5 Å². The van der Waals surface area contributed by atoms with Crippen LogP contribution in [0, 0.1) is 0 Å². The minimum absolute atomic E-state index is 0.0211. The molecule has 1 fully saturated rings. The number of carbonyl (C=O) groups excluding carboxylic acids is 2. The SMILES string of the molecule is O=C1CN(S(=O)(=O)c2ccc(Br)cc2Cl)CC(=O)N1. The Morgan fingerprint density at radius 1 is 1.21 bits per heavy atom. The maximum atomic E-state index is 12.3. The Hall–Kier alpha value is -0.960. The summed E-state index contributed by atoms with van der Waals surface area (Å²) in [5.41, 5.74) is 0. The van der Waals surface area contributed by atoms with Crippen molar-refractivity contribution in [2.45, 2.75) is 4.90 Å². The van der Waals surface area contributed by atoms with E-state index in [1.807, 2.05) is 5.32 Å². The molecule has 6 nitrogen and oxygen atoms in total. The topological polar surface area (TPSA) is 83.6 Å². The van der Waals surface area contributed by atoms with Crippen LogP contribution in [0.1, 0.15) is 0 Å². The van der Waals surface area contributed by atoms with Crippen molar-refractivity contribution < 1.29 is 18.0 Å². The molecule has 0 unspecified atom stereocenters. The van der Waals surface area contributed by atoms with Crippen LogP contribution in [0.15, 0.2) is 27.6 Å². The lowest BCUT2D eigenvalue weighted by molar-refractivity contribution is -0.134. The van der Waals surface area contributed by atoms with E-state index in [0.29, 0.717) is 4.47 Å². The van der Waals surface area contributed by atoms with E-state index in [9.17, 15) is 18.0 Å². The van der Waals surface area contributed by atoms with Gasteiger partial charge in [-0.2, -0.15) is 4.31 Å². The second-order valence-corrected chi connectivity index (χ2v) is 7.05. The molecule has 1 heterocycles. The monoisotopic (exact) mass is 366 g/mol. The van der Waals surface area contributed by atoms with Crippen LogP contribution in [-0.4, -0.2) is 37.6 Å². The highest BCUT2D eigenvalue weighted by atomic mass is 79.9. The van der Waals surface area contributed by atoms with Crippen LogP contribution >= 0.6 is 27.5 Å². The molecule has 19 heavy (non-hydrogen) atoms. The number of nitrogens with zero attached hydrogens (tertiary/aromatic N) is 1. The maximum absolute atomic E-state index is 12.3. The van der Waals surface area contributed by atoms with Crippen LogP contribution in [0.4, 0.5) is 0 Å². The van der Waals surface area contributed by atoms with Crippen LogP contribution in [0.3, 0.4) is 0 Å². The van der Waals surface area contributed by atoms with Crippen molar-refractivity contribution in [1.82, 2.24) is 9.62 Å². The molecular formula is C10H8BrClN2O4S. The molecule has 9 heteroatoms. The lowest BCUT2D eigenvalue weighted by Gasteiger charge is -2.25. The maximum Gasteiger partial charge on any atom is 0.245 e. The molecule has 0 bridgehead atoms. The lowest BCUT2D eigenvalue weighted by Crippen LogP contribution is -2.53. The fourth-order valence-electron chi connectivity index (χ4n) is 1.60. The van der Waals surface area contributed by atoms with Crippen molar-refractivity contribution in [2.75, 3.05) is 13.1 Å². The summed E-state index contributed by atoms with van der Waals surface area (Å²) >= 11 is 9.05. The lowest BCUT2D eigenvalue weighted by atomic mass is 10.4. The largest absolute Gasteiger partial charge is 0.294 e. The van der Waals surface area contributed by atoms with E-state index in [1.54, 1.807) is 0 Å². The minimum atomic E-state index is -3.98. The molecule has 1 aromatic carbocycles. The number of hydrogen-bond donors (Lipinski definition) is 1. The highest BCUT2D eigenvalue weighted by Gasteiger charge is 2.34. The summed E-state index contributed by atoms with van der Waals surface area (Å²) in [6.07, 6.45) is 0. The first-order valence-electron chi connectivity index (χ1n) is 5.08. The summed E-state index contributed by atoms with van der Waals surface area (Å²) in [4.78, 5) is 22.3. The van der Waals surface area contributed by atoms with Gasteiger partial charge >= 0.3 is 0 Å². The van der Waals surface area contributed by atoms with Gasteiger partial charge in [-0.05, 0) is 18.2 Å². The molecule has 1 aliphatic heterocycles. The average Bonchev–Trinajstić information content (AvgIpc) is 2.26. The van der Waals surface area contributed by atoms with Crippen molar-refractivity contribution in [2.24, 2.45) is 0 Å². The highest BCUT2D eigenvalue weighted by molar-refractivity contribution is 9.10. The predicted octanol–water partition coefficient (Wildman–Crippen LogP) is 0.750. The fourth-order valence-corrected chi connectivity index (χ4v) is 3.97. The van der Waals surface area contributed by atoms with Gasteiger partial charge in [0.05, 0.1) is 18.1 Å². The van der Waals surface area contributed by atoms with Crippen LogP contribution in [0.2, 0.25) is 5.02 Å². The number of nitrogens with one attached hydrogen (secondary N) is 1. The van der Waals surface area contributed by atoms with Gasteiger partial charge in [0.25, 0.3) is 0 Å². The van der Waals surface area contributed by atoms with Crippen molar-refractivity contribution in [3.63, 3.8) is 0 Å². The Labute approximate surface area is 122 Å². The van der Waals surface area contributed by atoms with Crippen molar-refractivity contribution in [1.29, 1.82) is 0 Å². The summed E-state index contributed by atoms with van der Waals surface area (Å²) in [6.45, 7) is -0.805. The number of hydrogen-bond acceptors (Lipinski definition) is 4. The number of piperazine rings is 1. The first-order valence-corrected chi connectivity index (χ1v) is 7.69. The number of rotatable bonds is 2. The second-order valence-electron chi connectivity index (χ2n) is 3.82. The molecule has 0 aliphatic carbocycles. The standard InChI is InChI=1S/C10H8BrClN2O4S/c11-6-1-2-8(7(12)3-6)19(17,18)14-4-9(15)13-10(16)5-14/h1-3H,4-5H2,(H,13,15,16). The van der Waals surface area contributed by atoms with Crippen LogP contribution < -0.4 is 5.32 Å². The summed E-state index contributed by atoms with van der Waals surface area (Å²) in [6, 6.07) is 4.27. The summed E-state index contributed by atoms with van der Waals surface area (Å²) in [5, 5.41) is 2.05. The van der Waals surface area contributed by atoms with E-state index in [1.165, 1.54) is 18.2 Å². The van der Waals surface area contributed by atoms with Gasteiger partial charge in [-0.15, -0.1) is 0 Å². The van der Waals surface area contributed by atoms with Gasteiger partial charge in [0.1, 0.15) is 4.90 Å². The number of imide groups is 1. The molecule has 102 valence electrons. The second kappa shape index (κ2) is 5.20. The van der Waals surface area contributed by atoms with Gasteiger partial charge in [0.15, 0.2) is 0 Å². The van der Waals surface area contributed by atoms with E-state index in [2.05, 4.69) is 15.9 Å². The minimum Gasteiger partial charge on any atom is -0.294 e. The molecule has 0 radical (unpaired) electrons. The Morgan fingerprint density at radius 3 is 2.32 bits per heavy atom. The molecule has 0 spiro atoms. The van der Waals surface area contributed by atoms with Gasteiger partial charge in [0.2, 0.25) is 21.8 Å². The highest BCUT2D eigenvalue weighted by Crippen LogP contribution is 2.27. The van der Waals surface area contributed by atoms with E-state index < -0.39 is 34.9 Å². The number of amides is 2. The zero-order chi connectivity index (χ0) is 14.2. The molecule has 2 amide bonds. The Morgan fingerprint density at radius 2 is 1.79 bits per heavy atom. The molecule has 1 saturated heterocycles. The van der Waals surface area contributed by atoms with Gasteiger partial charge < -0.3 is 0 Å². The Bertz CT molecular complexity index is 645. The number of benzene rings is 1. The smallest absolute Gasteiger partial charge is 0.245 e. The Balaban J connectivity index is 2.42. The fraction of sp³-hybridized carbons (Fsp3) is 0.200. The van der Waals surface area contributed by atoms with Gasteiger partial charge in [-0.3, -0.25) is 14.9 Å². The summed E-state index contributed by atoms with van der Waals surface area (Å²) in [7, 11) is -3.98. The third kappa shape index (κ3) is 2.97. The first-order chi connectivity index (χ1) is 8.80. The van der Waals surface area contributed by atoms with E-state index in [-0.39, 0.29) is 9.92 Å². The molecule has 0 aromatic heterocycles. The van der Waals surface area contributed by atoms with Crippen molar-refractivity contribution in [3.8, 4) is 0 Å². The molecule has 1 N–H and O–H groups in total. The number of sulfonamides is 1. The van der Waals surface area contributed by atoms with Crippen LogP contribution in [-0.2, 0) is 19.6 Å². The summed E-state index contributed by atoms with van der Waals surface area (Å²) < 4.78 is 26.0. The molecule has 2 rings (SSSR count). The van der Waals surface area contributed by atoms with Gasteiger partial charge in [0, 0.05) is 4.47 Å². The third-order valence-electron chi connectivity index (χ3n) is 2.43. The van der Waals surface area contributed by atoms with E-state index in [0.717, 1.165) is 4.31 Å². The molecule has 1 aliphatic rings. The normalized spacial score (nSPS) is 17.4.